The fourth-order valence-electron chi connectivity index (χ4n) is 2.01. The number of rotatable bonds is 2. The quantitative estimate of drug-likeness (QED) is 0.778. The minimum atomic E-state index is 0.143. The van der Waals surface area contributed by atoms with Crippen LogP contribution in [0.25, 0.3) is 0 Å². The summed E-state index contributed by atoms with van der Waals surface area (Å²) in [6, 6.07) is 0. The number of nitrogens with zero attached hydrogens (tertiary/aromatic N) is 1. The van der Waals surface area contributed by atoms with Gasteiger partial charge in [-0.2, -0.15) is 0 Å². The summed E-state index contributed by atoms with van der Waals surface area (Å²) in [6.07, 6.45) is 8.98. The first kappa shape index (κ1) is 9.33. The van der Waals surface area contributed by atoms with Crippen LogP contribution in [0, 0.1) is 5.92 Å². The van der Waals surface area contributed by atoms with Crippen molar-refractivity contribution in [2.24, 2.45) is 5.92 Å². The normalized spacial score (nSPS) is 28.8. The molecule has 1 N–H and O–H groups in total. The highest BCUT2D eigenvalue weighted by Gasteiger charge is 2.37. The molecule has 1 fully saturated rings. The highest BCUT2D eigenvalue weighted by molar-refractivity contribution is 9.11. The topological polar surface area (TPSA) is 24.5 Å². The third-order valence-corrected chi connectivity index (χ3v) is 3.69. The van der Waals surface area contributed by atoms with Gasteiger partial charge in [-0.3, -0.25) is 0 Å². The maximum Gasteiger partial charge on any atom is 0.162 e. The van der Waals surface area contributed by atoms with Crippen molar-refractivity contribution in [2.75, 3.05) is 7.11 Å². The molecule has 80 valence electrons. The van der Waals surface area contributed by atoms with Gasteiger partial charge in [0.05, 0.1) is 11.7 Å². The summed E-state index contributed by atoms with van der Waals surface area (Å²) in [5.41, 5.74) is 1.34. The molecular weight excluding hydrogens is 256 g/mol. The van der Waals surface area contributed by atoms with Crippen LogP contribution in [0.5, 0.6) is 0 Å². The maximum atomic E-state index is 5.36. The SMILES string of the molecule is COC1=CC=C(Br)N2C=C(C3CC3)NC12. The number of hydrogen-bond donors (Lipinski definition) is 1. The Bertz CT molecular complexity index is 382. The largest absolute Gasteiger partial charge is 0.497 e. The molecule has 0 spiro atoms. The van der Waals surface area contributed by atoms with Crippen molar-refractivity contribution in [2.45, 2.75) is 19.0 Å². The standard InChI is InChI=1S/C11H13BrN2O/c1-15-9-4-5-10(12)14-6-8(7-2-3-7)13-11(9)14/h4-7,11,13H,2-3H2,1H3. The zero-order chi connectivity index (χ0) is 10.4. The van der Waals surface area contributed by atoms with Crippen molar-refractivity contribution in [3.05, 3.63) is 34.4 Å². The first-order valence-corrected chi connectivity index (χ1v) is 5.97. The molecule has 1 atom stereocenters. The molecule has 0 saturated heterocycles. The highest BCUT2D eigenvalue weighted by atomic mass is 79.9. The van der Waals surface area contributed by atoms with Crippen molar-refractivity contribution in [1.29, 1.82) is 0 Å². The van der Waals surface area contributed by atoms with Crippen LogP contribution in [0.2, 0.25) is 0 Å². The van der Waals surface area contributed by atoms with Crippen LogP contribution in [-0.2, 0) is 4.74 Å². The average Bonchev–Trinajstić information content (AvgIpc) is 2.99. The van der Waals surface area contributed by atoms with Crippen LogP contribution < -0.4 is 5.32 Å². The van der Waals surface area contributed by atoms with Crippen molar-refractivity contribution in [3.63, 3.8) is 0 Å². The first-order valence-electron chi connectivity index (χ1n) is 5.17. The van der Waals surface area contributed by atoms with Crippen molar-refractivity contribution >= 4 is 15.9 Å². The lowest BCUT2D eigenvalue weighted by molar-refractivity contribution is 0.209. The molecule has 0 bridgehead atoms. The Kier molecular flexibility index (Phi) is 2.06. The molecule has 3 aliphatic rings. The second-order valence-corrected chi connectivity index (χ2v) is 4.89. The minimum absolute atomic E-state index is 0.143. The van der Waals surface area contributed by atoms with E-state index in [1.54, 1.807) is 7.11 Å². The predicted molar refractivity (Wildman–Crippen MR) is 61.7 cm³/mol. The Hall–Kier alpha value is -0.900. The van der Waals surface area contributed by atoms with Crippen molar-refractivity contribution in [3.8, 4) is 0 Å². The van der Waals surface area contributed by atoms with Gasteiger partial charge in [-0.25, -0.2) is 0 Å². The van der Waals surface area contributed by atoms with Gasteiger partial charge in [0.15, 0.2) is 6.17 Å². The lowest BCUT2D eigenvalue weighted by Gasteiger charge is -2.29. The smallest absolute Gasteiger partial charge is 0.162 e. The third kappa shape index (κ3) is 1.47. The molecule has 15 heavy (non-hydrogen) atoms. The van der Waals surface area contributed by atoms with Crippen molar-refractivity contribution in [1.82, 2.24) is 10.2 Å². The van der Waals surface area contributed by atoms with Gasteiger partial charge in [0.1, 0.15) is 5.76 Å². The Morgan fingerprint density at radius 1 is 1.47 bits per heavy atom. The van der Waals surface area contributed by atoms with Gasteiger partial charge in [-0.15, -0.1) is 0 Å². The van der Waals surface area contributed by atoms with E-state index in [0.717, 1.165) is 16.3 Å². The second kappa shape index (κ2) is 3.30. The fraction of sp³-hybridized carbons (Fsp3) is 0.455. The van der Waals surface area contributed by atoms with E-state index in [2.05, 4.69) is 32.3 Å². The number of nitrogens with one attached hydrogen (secondary N) is 1. The fourth-order valence-corrected chi connectivity index (χ4v) is 2.45. The van der Waals surface area contributed by atoms with Crippen LogP contribution in [0.15, 0.2) is 34.4 Å². The van der Waals surface area contributed by atoms with Gasteiger partial charge >= 0.3 is 0 Å². The molecule has 0 aromatic heterocycles. The van der Waals surface area contributed by atoms with Crippen LogP contribution >= 0.6 is 15.9 Å². The molecule has 1 unspecified atom stereocenters. The van der Waals surface area contributed by atoms with Gasteiger partial charge in [-0.1, -0.05) is 0 Å². The van der Waals surface area contributed by atoms with E-state index in [-0.39, 0.29) is 6.17 Å². The number of hydrogen-bond acceptors (Lipinski definition) is 3. The molecule has 0 amide bonds. The Morgan fingerprint density at radius 3 is 2.93 bits per heavy atom. The van der Waals surface area contributed by atoms with Gasteiger partial charge in [0.2, 0.25) is 0 Å². The molecule has 1 aliphatic carbocycles. The van der Waals surface area contributed by atoms with E-state index in [1.165, 1.54) is 18.5 Å². The van der Waals surface area contributed by atoms with Crippen LogP contribution in [0.4, 0.5) is 0 Å². The van der Waals surface area contributed by atoms with Crippen LogP contribution in [-0.4, -0.2) is 18.2 Å². The van der Waals surface area contributed by atoms with E-state index >= 15 is 0 Å². The number of fused-ring (bicyclic) bond motifs is 1. The molecule has 0 radical (unpaired) electrons. The molecule has 2 heterocycles. The number of halogens is 1. The molecule has 0 aromatic carbocycles. The van der Waals surface area contributed by atoms with Crippen molar-refractivity contribution < 1.29 is 4.74 Å². The summed E-state index contributed by atoms with van der Waals surface area (Å²) in [6.45, 7) is 0. The molecule has 0 aromatic rings. The Morgan fingerprint density at radius 2 is 2.27 bits per heavy atom. The lowest BCUT2D eigenvalue weighted by atomic mass is 10.3. The summed E-state index contributed by atoms with van der Waals surface area (Å²) < 4.78 is 6.44. The van der Waals surface area contributed by atoms with E-state index in [4.69, 9.17) is 4.74 Å². The van der Waals surface area contributed by atoms with Gasteiger partial charge in [0.25, 0.3) is 0 Å². The Labute approximate surface area is 97.6 Å². The Balaban J connectivity index is 1.89. The van der Waals surface area contributed by atoms with Crippen LogP contribution in [0.3, 0.4) is 0 Å². The van der Waals surface area contributed by atoms with E-state index in [9.17, 15) is 0 Å². The predicted octanol–water partition coefficient (Wildman–Crippen LogP) is 2.25. The van der Waals surface area contributed by atoms with Gasteiger partial charge < -0.3 is 15.0 Å². The summed E-state index contributed by atoms with van der Waals surface area (Å²) >= 11 is 3.55. The summed E-state index contributed by atoms with van der Waals surface area (Å²) in [5, 5.41) is 3.51. The summed E-state index contributed by atoms with van der Waals surface area (Å²) in [7, 11) is 1.72. The van der Waals surface area contributed by atoms with Gasteiger partial charge in [-0.05, 0) is 40.9 Å². The van der Waals surface area contributed by atoms with E-state index < -0.39 is 0 Å². The van der Waals surface area contributed by atoms with Crippen LogP contribution in [0.1, 0.15) is 12.8 Å². The highest BCUT2D eigenvalue weighted by Crippen LogP contribution is 2.40. The second-order valence-electron chi connectivity index (χ2n) is 4.08. The average molecular weight is 269 g/mol. The van der Waals surface area contributed by atoms with E-state index in [1.807, 2.05) is 12.2 Å². The van der Waals surface area contributed by atoms with E-state index in [0.29, 0.717) is 0 Å². The molecule has 4 heteroatoms. The molecule has 1 saturated carbocycles. The minimum Gasteiger partial charge on any atom is -0.497 e. The summed E-state index contributed by atoms with van der Waals surface area (Å²) in [4.78, 5) is 2.17. The third-order valence-electron chi connectivity index (χ3n) is 3.01. The monoisotopic (exact) mass is 268 g/mol. The lowest BCUT2D eigenvalue weighted by Crippen LogP contribution is -2.38. The van der Waals surface area contributed by atoms with Gasteiger partial charge in [0, 0.05) is 17.8 Å². The molecule has 3 rings (SSSR count). The molecule has 2 aliphatic heterocycles. The first-order chi connectivity index (χ1) is 7.29. The maximum absolute atomic E-state index is 5.36. The summed E-state index contributed by atoms with van der Waals surface area (Å²) in [5.74, 6) is 1.71. The zero-order valence-corrected chi connectivity index (χ0v) is 10.1. The molecular formula is C11H13BrN2O. The zero-order valence-electron chi connectivity index (χ0n) is 8.53. The molecule has 3 nitrogen and oxygen atoms in total. The number of methoxy groups -OCH3 is 1. The number of allylic oxidation sites excluding steroid dienone is 3. The number of ether oxygens (including phenoxy) is 1.